The van der Waals surface area contributed by atoms with E-state index in [1.807, 2.05) is 26.8 Å². The van der Waals surface area contributed by atoms with Gasteiger partial charge < -0.3 is 15.2 Å². The number of nitrogens with zero attached hydrogens (tertiary/aromatic N) is 1. The van der Waals surface area contributed by atoms with Crippen LogP contribution >= 0.6 is 0 Å². The smallest absolute Gasteiger partial charge is 0.127 e. The van der Waals surface area contributed by atoms with Gasteiger partial charge in [-0.3, -0.25) is 0 Å². The van der Waals surface area contributed by atoms with Crippen LogP contribution in [0.1, 0.15) is 31.0 Å². The van der Waals surface area contributed by atoms with Crippen molar-refractivity contribution in [1.29, 1.82) is 5.26 Å². The molecule has 1 atom stereocenters. The van der Waals surface area contributed by atoms with Gasteiger partial charge in [0.25, 0.3) is 0 Å². The summed E-state index contributed by atoms with van der Waals surface area (Å²) >= 11 is 0. The maximum Gasteiger partial charge on any atom is 0.127 e. The summed E-state index contributed by atoms with van der Waals surface area (Å²) in [5.74, 6) is 1.37. The first kappa shape index (κ1) is 14.3. The van der Waals surface area contributed by atoms with Crippen molar-refractivity contribution < 1.29 is 9.47 Å². The Morgan fingerprint density at radius 1 is 1.28 bits per heavy atom. The Hall–Kier alpha value is -1.73. The van der Waals surface area contributed by atoms with Gasteiger partial charge in [-0.15, -0.1) is 0 Å². The number of aryl methyl sites for hydroxylation is 1. The summed E-state index contributed by atoms with van der Waals surface area (Å²) in [7, 11) is 3.19. The second-order valence-electron chi connectivity index (χ2n) is 4.87. The van der Waals surface area contributed by atoms with Crippen molar-refractivity contribution in [2.75, 3.05) is 14.2 Å². The SMILES string of the molecule is COc1cc(C)c(C(N)C(C)(C)C#N)c(OC)c1. The molecule has 0 bridgehead atoms. The first-order valence-corrected chi connectivity index (χ1v) is 5.76. The Labute approximate surface area is 108 Å². The zero-order valence-corrected chi connectivity index (χ0v) is 11.6. The molecule has 2 N–H and O–H groups in total. The summed E-state index contributed by atoms with van der Waals surface area (Å²) < 4.78 is 10.6. The van der Waals surface area contributed by atoms with Gasteiger partial charge in [0.15, 0.2) is 0 Å². The maximum atomic E-state index is 9.19. The predicted octanol–water partition coefficient (Wildman–Crippen LogP) is 2.56. The van der Waals surface area contributed by atoms with Crippen LogP contribution in [0.3, 0.4) is 0 Å². The van der Waals surface area contributed by atoms with Gasteiger partial charge in [0, 0.05) is 11.6 Å². The van der Waals surface area contributed by atoms with Crippen molar-refractivity contribution >= 4 is 0 Å². The average molecular weight is 248 g/mol. The Morgan fingerprint density at radius 3 is 2.33 bits per heavy atom. The number of ether oxygens (including phenoxy) is 2. The van der Waals surface area contributed by atoms with Gasteiger partial charge in [-0.05, 0) is 32.4 Å². The molecule has 0 fully saturated rings. The number of hydrogen-bond acceptors (Lipinski definition) is 4. The molecule has 0 aliphatic carbocycles. The van der Waals surface area contributed by atoms with Crippen molar-refractivity contribution in [3.05, 3.63) is 23.3 Å². The molecule has 0 aliphatic heterocycles. The van der Waals surface area contributed by atoms with E-state index in [0.717, 1.165) is 16.9 Å². The van der Waals surface area contributed by atoms with Gasteiger partial charge >= 0.3 is 0 Å². The Balaban J connectivity index is 3.37. The van der Waals surface area contributed by atoms with Crippen molar-refractivity contribution in [3.63, 3.8) is 0 Å². The highest BCUT2D eigenvalue weighted by Gasteiger charge is 2.31. The zero-order valence-electron chi connectivity index (χ0n) is 11.6. The largest absolute Gasteiger partial charge is 0.497 e. The molecule has 98 valence electrons. The van der Waals surface area contributed by atoms with E-state index < -0.39 is 11.5 Å². The molecule has 1 unspecified atom stereocenters. The quantitative estimate of drug-likeness (QED) is 0.889. The number of methoxy groups -OCH3 is 2. The molecule has 4 nitrogen and oxygen atoms in total. The zero-order chi connectivity index (χ0) is 13.9. The third-order valence-corrected chi connectivity index (χ3v) is 3.15. The average Bonchev–Trinajstić information content (AvgIpc) is 2.36. The van der Waals surface area contributed by atoms with Gasteiger partial charge in [-0.1, -0.05) is 0 Å². The molecule has 1 aromatic rings. The standard InChI is InChI=1S/C14H20N2O2/c1-9-6-10(17-4)7-11(18-5)12(9)13(16)14(2,3)8-15/h6-7,13H,16H2,1-5H3. The molecule has 0 saturated carbocycles. The van der Waals surface area contributed by atoms with E-state index >= 15 is 0 Å². The predicted molar refractivity (Wildman–Crippen MR) is 70.6 cm³/mol. The van der Waals surface area contributed by atoms with Crippen LogP contribution in [0.25, 0.3) is 0 Å². The lowest BCUT2D eigenvalue weighted by molar-refractivity contribution is 0.356. The van der Waals surface area contributed by atoms with E-state index in [1.165, 1.54) is 0 Å². The van der Waals surface area contributed by atoms with Gasteiger partial charge in [0.2, 0.25) is 0 Å². The molecule has 0 saturated heterocycles. The molecule has 1 aromatic carbocycles. The summed E-state index contributed by atoms with van der Waals surface area (Å²) in [5.41, 5.74) is 7.36. The number of rotatable bonds is 4. The molecule has 0 amide bonds. The topological polar surface area (TPSA) is 68.3 Å². The van der Waals surface area contributed by atoms with E-state index in [1.54, 1.807) is 20.3 Å². The van der Waals surface area contributed by atoms with Crippen LogP contribution in [0.2, 0.25) is 0 Å². The molecule has 4 heteroatoms. The highest BCUT2D eigenvalue weighted by molar-refractivity contribution is 5.48. The Bertz CT molecular complexity index is 475. The van der Waals surface area contributed by atoms with Gasteiger partial charge in [0.05, 0.1) is 31.7 Å². The van der Waals surface area contributed by atoms with Crippen LogP contribution in [0.15, 0.2) is 12.1 Å². The molecule has 0 radical (unpaired) electrons. The first-order valence-electron chi connectivity index (χ1n) is 5.76. The lowest BCUT2D eigenvalue weighted by atomic mass is 9.80. The third-order valence-electron chi connectivity index (χ3n) is 3.15. The highest BCUT2D eigenvalue weighted by atomic mass is 16.5. The summed E-state index contributed by atoms with van der Waals surface area (Å²) in [6.07, 6.45) is 0. The van der Waals surface area contributed by atoms with Gasteiger partial charge in [0.1, 0.15) is 11.5 Å². The van der Waals surface area contributed by atoms with E-state index in [4.69, 9.17) is 15.2 Å². The normalized spacial score (nSPS) is 12.7. The van der Waals surface area contributed by atoms with Gasteiger partial charge in [-0.25, -0.2) is 0 Å². The van der Waals surface area contributed by atoms with Crippen LogP contribution in [0, 0.1) is 23.7 Å². The molecular weight excluding hydrogens is 228 g/mol. The number of nitrogens with two attached hydrogens (primary N) is 1. The van der Waals surface area contributed by atoms with Crippen molar-refractivity contribution in [3.8, 4) is 17.6 Å². The van der Waals surface area contributed by atoms with Crippen molar-refractivity contribution in [2.24, 2.45) is 11.1 Å². The van der Waals surface area contributed by atoms with Crippen LogP contribution in [0.4, 0.5) is 0 Å². The third kappa shape index (κ3) is 2.57. The van der Waals surface area contributed by atoms with Crippen molar-refractivity contribution in [2.45, 2.75) is 26.8 Å². The van der Waals surface area contributed by atoms with Gasteiger partial charge in [-0.2, -0.15) is 5.26 Å². The lowest BCUT2D eigenvalue weighted by Crippen LogP contribution is -2.28. The highest BCUT2D eigenvalue weighted by Crippen LogP contribution is 2.39. The fourth-order valence-corrected chi connectivity index (χ4v) is 1.85. The molecule has 0 spiro atoms. The van der Waals surface area contributed by atoms with E-state index in [2.05, 4.69) is 6.07 Å². The van der Waals surface area contributed by atoms with E-state index in [0.29, 0.717) is 5.75 Å². The lowest BCUT2D eigenvalue weighted by Gasteiger charge is -2.27. The van der Waals surface area contributed by atoms with E-state index in [9.17, 15) is 5.26 Å². The van der Waals surface area contributed by atoms with Crippen molar-refractivity contribution in [1.82, 2.24) is 0 Å². The maximum absolute atomic E-state index is 9.19. The minimum atomic E-state index is -0.660. The number of nitriles is 1. The minimum absolute atomic E-state index is 0.414. The minimum Gasteiger partial charge on any atom is -0.497 e. The Kier molecular flexibility index (Phi) is 4.20. The monoisotopic (exact) mass is 248 g/mol. The fraction of sp³-hybridized carbons (Fsp3) is 0.500. The van der Waals surface area contributed by atoms with Crippen LogP contribution < -0.4 is 15.2 Å². The van der Waals surface area contributed by atoms with Crippen LogP contribution in [-0.4, -0.2) is 14.2 Å². The summed E-state index contributed by atoms with van der Waals surface area (Å²) in [6.45, 7) is 5.58. The summed E-state index contributed by atoms with van der Waals surface area (Å²) in [4.78, 5) is 0. The van der Waals surface area contributed by atoms with E-state index in [-0.39, 0.29) is 0 Å². The molecular formula is C14H20N2O2. The number of hydrogen-bond donors (Lipinski definition) is 1. The Morgan fingerprint density at radius 2 is 1.89 bits per heavy atom. The first-order chi connectivity index (χ1) is 8.37. The fourth-order valence-electron chi connectivity index (χ4n) is 1.85. The molecule has 0 aromatic heterocycles. The second-order valence-corrected chi connectivity index (χ2v) is 4.87. The molecule has 0 aliphatic rings. The summed E-state index contributed by atoms with van der Waals surface area (Å²) in [5, 5.41) is 9.19. The molecule has 1 rings (SSSR count). The van der Waals surface area contributed by atoms with Crippen LogP contribution in [0.5, 0.6) is 11.5 Å². The number of benzene rings is 1. The second kappa shape index (κ2) is 5.28. The molecule has 0 heterocycles. The molecule has 18 heavy (non-hydrogen) atoms. The summed E-state index contributed by atoms with van der Waals surface area (Å²) in [6, 6.07) is 5.50. The van der Waals surface area contributed by atoms with Crippen LogP contribution in [-0.2, 0) is 0 Å².